The third-order valence-corrected chi connectivity index (χ3v) is 4.02. The first-order valence-corrected chi connectivity index (χ1v) is 8.16. The lowest BCUT2D eigenvalue weighted by molar-refractivity contribution is 0.574. The number of hydrogen-bond donors (Lipinski definition) is 0. The Labute approximate surface area is 128 Å². The van der Waals surface area contributed by atoms with E-state index in [1.165, 1.54) is 31.2 Å². The molecule has 1 atom stereocenters. The molecule has 4 heteroatoms. The van der Waals surface area contributed by atoms with Gasteiger partial charge in [0.1, 0.15) is 5.82 Å². The van der Waals surface area contributed by atoms with E-state index in [0.29, 0.717) is 0 Å². The molecule has 1 heterocycles. The molecule has 0 aliphatic rings. The van der Waals surface area contributed by atoms with Gasteiger partial charge in [-0.15, -0.1) is 11.6 Å². The third-order valence-electron chi connectivity index (χ3n) is 3.33. The van der Waals surface area contributed by atoms with Gasteiger partial charge in [0.05, 0.1) is 16.4 Å². The standard InChI is InChI=1S/C15H20BrClN2/c1-3-4-5-6-9-19-14-8-7-12(16)10-13(14)18-15(19)11(2)17/h7-8,10-11H,3-6,9H2,1-2H3. The van der Waals surface area contributed by atoms with Crippen LogP contribution < -0.4 is 0 Å². The van der Waals surface area contributed by atoms with Crippen LogP contribution in [0.4, 0.5) is 0 Å². The number of imidazole rings is 1. The molecule has 2 nitrogen and oxygen atoms in total. The van der Waals surface area contributed by atoms with Gasteiger partial charge in [0, 0.05) is 11.0 Å². The van der Waals surface area contributed by atoms with Crippen LogP contribution in [0.2, 0.25) is 0 Å². The van der Waals surface area contributed by atoms with E-state index >= 15 is 0 Å². The molecule has 0 radical (unpaired) electrons. The highest BCUT2D eigenvalue weighted by Crippen LogP contribution is 2.27. The molecule has 1 unspecified atom stereocenters. The smallest absolute Gasteiger partial charge is 0.127 e. The summed E-state index contributed by atoms with van der Waals surface area (Å²) in [4.78, 5) is 4.67. The van der Waals surface area contributed by atoms with Crippen LogP contribution in [0.3, 0.4) is 0 Å². The molecule has 0 bridgehead atoms. The van der Waals surface area contributed by atoms with Crippen LogP contribution in [0.5, 0.6) is 0 Å². The summed E-state index contributed by atoms with van der Waals surface area (Å²) in [6, 6.07) is 6.24. The normalized spacial score (nSPS) is 13.1. The predicted octanol–water partition coefficient (Wildman–Crippen LogP) is 5.68. The molecule has 1 aromatic carbocycles. The molecule has 0 N–H and O–H groups in total. The number of aryl methyl sites for hydroxylation is 1. The summed E-state index contributed by atoms with van der Waals surface area (Å²) in [5.41, 5.74) is 2.20. The van der Waals surface area contributed by atoms with Gasteiger partial charge in [-0.1, -0.05) is 42.1 Å². The number of nitrogens with zero attached hydrogens (tertiary/aromatic N) is 2. The molecule has 104 valence electrons. The van der Waals surface area contributed by atoms with Crippen LogP contribution in [0.15, 0.2) is 22.7 Å². The molecule has 0 aliphatic heterocycles. The van der Waals surface area contributed by atoms with Crippen molar-refractivity contribution in [2.75, 3.05) is 0 Å². The van der Waals surface area contributed by atoms with Crippen molar-refractivity contribution in [3.05, 3.63) is 28.5 Å². The van der Waals surface area contributed by atoms with Gasteiger partial charge in [-0.2, -0.15) is 0 Å². The zero-order chi connectivity index (χ0) is 13.8. The minimum atomic E-state index is -0.0580. The van der Waals surface area contributed by atoms with E-state index in [1.54, 1.807) is 0 Å². The zero-order valence-electron chi connectivity index (χ0n) is 11.5. The number of rotatable bonds is 6. The first-order chi connectivity index (χ1) is 9.13. The Bertz CT molecular complexity index is 548. The molecule has 19 heavy (non-hydrogen) atoms. The number of unbranched alkanes of at least 4 members (excludes halogenated alkanes) is 3. The van der Waals surface area contributed by atoms with Crippen LogP contribution in [-0.4, -0.2) is 9.55 Å². The van der Waals surface area contributed by atoms with E-state index in [2.05, 4.69) is 50.6 Å². The average Bonchev–Trinajstić information content (AvgIpc) is 2.72. The molecular formula is C15H20BrClN2. The van der Waals surface area contributed by atoms with Gasteiger partial charge in [0.25, 0.3) is 0 Å². The molecule has 2 rings (SSSR count). The van der Waals surface area contributed by atoms with Crippen molar-refractivity contribution in [3.63, 3.8) is 0 Å². The Kier molecular flexibility index (Phi) is 5.28. The monoisotopic (exact) mass is 342 g/mol. The number of aromatic nitrogens is 2. The second-order valence-electron chi connectivity index (χ2n) is 4.93. The highest BCUT2D eigenvalue weighted by molar-refractivity contribution is 9.10. The highest BCUT2D eigenvalue weighted by atomic mass is 79.9. The van der Waals surface area contributed by atoms with Crippen LogP contribution in [0, 0.1) is 0 Å². The van der Waals surface area contributed by atoms with E-state index in [4.69, 9.17) is 11.6 Å². The molecule has 0 amide bonds. The fourth-order valence-electron chi connectivity index (χ4n) is 2.36. The number of halogens is 2. The number of hydrogen-bond acceptors (Lipinski definition) is 1. The van der Waals surface area contributed by atoms with E-state index in [-0.39, 0.29) is 5.38 Å². The van der Waals surface area contributed by atoms with Gasteiger partial charge in [0.2, 0.25) is 0 Å². The SMILES string of the molecule is CCCCCCn1c(C(C)Cl)nc2cc(Br)ccc21. The van der Waals surface area contributed by atoms with Crippen molar-refractivity contribution in [1.82, 2.24) is 9.55 Å². The molecule has 0 saturated carbocycles. The summed E-state index contributed by atoms with van der Waals surface area (Å²) in [6.45, 7) is 5.22. The summed E-state index contributed by atoms with van der Waals surface area (Å²) in [6.07, 6.45) is 5.01. The van der Waals surface area contributed by atoms with E-state index in [0.717, 1.165) is 22.4 Å². The zero-order valence-corrected chi connectivity index (χ0v) is 13.8. The minimum Gasteiger partial charge on any atom is -0.327 e. The van der Waals surface area contributed by atoms with Crippen molar-refractivity contribution < 1.29 is 0 Å². The van der Waals surface area contributed by atoms with Crippen molar-refractivity contribution in [1.29, 1.82) is 0 Å². The van der Waals surface area contributed by atoms with Gasteiger partial charge in [-0.3, -0.25) is 0 Å². The Hall–Kier alpha value is -0.540. The molecule has 2 aromatic rings. The summed E-state index contributed by atoms with van der Waals surface area (Å²) in [7, 11) is 0. The average molecular weight is 344 g/mol. The minimum absolute atomic E-state index is 0.0580. The fourth-order valence-corrected chi connectivity index (χ4v) is 2.87. The van der Waals surface area contributed by atoms with Crippen LogP contribution in [0.1, 0.15) is 50.7 Å². The van der Waals surface area contributed by atoms with E-state index in [9.17, 15) is 0 Å². The summed E-state index contributed by atoms with van der Waals surface area (Å²) < 4.78 is 3.33. The van der Waals surface area contributed by atoms with Crippen molar-refractivity contribution >= 4 is 38.6 Å². The topological polar surface area (TPSA) is 17.8 Å². The van der Waals surface area contributed by atoms with Crippen molar-refractivity contribution in [3.8, 4) is 0 Å². The van der Waals surface area contributed by atoms with Crippen molar-refractivity contribution in [2.24, 2.45) is 0 Å². The Morgan fingerprint density at radius 2 is 2.11 bits per heavy atom. The van der Waals surface area contributed by atoms with Gasteiger partial charge in [-0.05, 0) is 31.5 Å². The molecule has 0 aliphatic carbocycles. The molecule has 0 fully saturated rings. The summed E-state index contributed by atoms with van der Waals surface area (Å²) in [5.74, 6) is 0.978. The quantitative estimate of drug-likeness (QED) is 0.487. The second-order valence-corrected chi connectivity index (χ2v) is 6.50. The van der Waals surface area contributed by atoms with Gasteiger partial charge < -0.3 is 4.57 Å². The van der Waals surface area contributed by atoms with Gasteiger partial charge in [0.15, 0.2) is 0 Å². The lowest BCUT2D eigenvalue weighted by atomic mass is 10.2. The van der Waals surface area contributed by atoms with Crippen LogP contribution in [-0.2, 0) is 6.54 Å². The summed E-state index contributed by atoms with van der Waals surface area (Å²) >= 11 is 9.76. The van der Waals surface area contributed by atoms with Crippen LogP contribution >= 0.6 is 27.5 Å². The lowest BCUT2D eigenvalue weighted by Crippen LogP contribution is -2.04. The Balaban J connectivity index is 2.30. The van der Waals surface area contributed by atoms with E-state index < -0.39 is 0 Å². The highest BCUT2D eigenvalue weighted by Gasteiger charge is 2.14. The Morgan fingerprint density at radius 1 is 1.32 bits per heavy atom. The maximum atomic E-state index is 6.26. The lowest BCUT2D eigenvalue weighted by Gasteiger charge is -2.10. The largest absolute Gasteiger partial charge is 0.327 e. The second kappa shape index (κ2) is 6.76. The molecule has 0 saturated heterocycles. The molecular weight excluding hydrogens is 324 g/mol. The fraction of sp³-hybridized carbons (Fsp3) is 0.533. The molecule has 0 spiro atoms. The molecule has 1 aromatic heterocycles. The number of fused-ring (bicyclic) bond motifs is 1. The van der Waals surface area contributed by atoms with Gasteiger partial charge >= 0.3 is 0 Å². The predicted molar refractivity (Wildman–Crippen MR) is 85.8 cm³/mol. The maximum absolute atomic E-state index is 6.26. The van der Waals surface area contributed by atoms with Gasteiger partial charge in [-0.25, -0.2) is 4.98 Å². The maximum Gasteiger partial charge on any atom is 0.127 e. The van der Waals surface area contributed by atoms with Crippen LogP contribution in [0.25, 0.3) is 11.0 Å². The van der Waals surface area contributed by atoms with Crippen molar-refractivity contribution in [2.45, 2.75) is 51.5 Å². The van der Waals surface area contributed by atoms with E-state index in [1.807, 2.05) is 6.92 Å². The third kappa shape index (κ3) is 3.51. The number of alkyl halides is 1. The number of benzene rings is 1. The first kappa shape index (κ1) is 14.9. The Morgan fingerprint density at radius 3 is 2.79 bits per heavy atom. The summed E-state index contributed by atoms with van der Waals surface area (Å²) in [5, 5.41) is -0.0580. The first-order valence-electron chi connectivity index (χ1n) is 6.93.